The average molecular weight is 227 g/mol. The van der Waals surface area contributed by atoms with Crippen LogP contribution in [0.25, 0.3) is 0 Å². The van der Waals surface area contributed by atoms with Gasteiger partial charge in [-0.15, -0.1) is 0 Å². The van der Waals surface area contributed by atoms with Gasteiger partial charge in [-0.05, 0) is 29.8 Å². The summed E-state index contributed by atoms with van der Waals surface area (Å²) in [5.41, 5.74) is -0.0792. The van der Waals surface area contributed by atoms with E-state index in [0.29, 0.717) is 10.2 Å². The van der Waals surface area contributed by atoms with Crippen LogP contribution < -0.4 is 0 Å². The van der Waals surface area contributed by atoms with Crippen LogP contribution in [-0.2, 0) is 0 Å². The van der Waals surface area contributed by atoms with Crippen molar-refractivity contribution in [2.45, 2.75) is 13.8 Å². The van der Waals surface area contributed by atoms with E-state index in [2.05, 4.69) is 40.1 Å². The van der Waals surface area contributed by atoms with E-state index in [4.69, 9.17) is 5.26 Å². The van der Waals surface area contributed by atoms with Crippen molar-refractivity contribution < 1.29 is 0 Å². The van der Waals surface area contributed by atoms with Gasteiger partial charge < -0.3 is 0 Å². The van der Waals surface area contributed by atoms with Crippen LogP contribution in [0, 0.1) is 16.7 Å². The second kappa shape index (κ2) is 4.22. The molecule has 0 aliphatic rings. The van der Waals surface area contributed by atoms with Crippen LogP contribution in [0.1, 0.15) is 13.8 Å². The molecule has 0 fully saturated rings. The van der Waals surface area contributed by atoms with Gasteiger partial charge in [-0.25, -0.2) is 0 Å². The minimum Gasteiger partial charge on any atom is -0.259 e. The Morgan fingerprint density at radius 1 is 1.58 bits per heavy atom. The van der Waals surface area contributed by atoms with Gasteiger partial charge >= 0.3 is 0 Å². The van der Waals surface area contributed by atoms with Crippen molar-refractivity contribution in [3.05, 3.63) is 23.3 Å². The largest absolute Gasteiger partial charge is 0.259 e. The Hall–Kier alpha value is -0.880. The number of aliphatic imine (C=N–C) groups is 1. The highest BCUT2D eigenvalue weighted by Crippen LogP contribution is 2.24. The first-order valence-electron chi connectivity index (χ1n) is 3.39. The maximum absolute atomic E-state index is 8.71. The Kier molecular flexibility index (Phi) is 3.91. The Morgan fingerprint density at radius 2 is 2.08 bits per heavy atom. The third-order valence-electron chi connectivity index (χ3n) is 1.36. The van der Waals surface area contributed by atoms with Crippen LogP contribution >= 0.6 is 15.9 Å². The van der Waals surface area contributed by atoms with E-state index < -0.39 is 5.41 Å². The number of hydrogen-bond acceptors (Lipinski definition) is 2. The molecule has 0 N–H and O–H groups in total. The minimum absolute atomic E-state index is 0.533. The third-order valence-corrected chi connectivity index (χ3v) is 1.57. The highest BCUT2D eigenvalue weighted by atomic mass is 79.9. The second-order valence-electron chi connectivity index (χ2n) is 2.89. The Morgan fingerprint density at radius 3 is 2.42 bits per heavy atom. The predicted octanol–water partition coefficient (Wildman–Crippen LogP) is 3.03. The molecule has 0 bridgehead atoms. The fraction of sp³-hybridized carbons (Fsp3) is 0.333. The SMILES string of the molecule is C=C(Br)C=NC(=C)C(C)(C)C#N. The Bertz CT molecular complexity index is 269. The fourth-order valence-corrected chi connectivity index (χ4v) is 0.476. The third kappa shape index (κ3) is 3.49. The van der Waals surface area contributed by atoms with Crippen molar-refractivity contribution in [1.29, 1.82) is 5.26 Å². The molecule has 0 unspecified atom stereocenters. The van der Waals surface area contributed by atoms with E-state index in [9.17, 15) is 0 Å². The molecule has 0 amide bonds. The molecule has 0 aliphatic carbocycles. The van der Waals surface area contributed by atoms with Gasteiger partial charge in [0, 0.05) is 10.7 Å². The molecule has 0 radical (unpaired) electrons. The van der Waals surface area contributed by atoms with Gasteiger partial charge in [-0.1, -0.05) is 13.2 Å². The van der Waals surface area contributed by atoms with Gasteiger partial charge in [0.15, 0.2) is 0 Å². The molecule has 0 aromatic rings. The van der Waals surface area contributed by atoms with Crippen molar-refractivity contribution in [1.82, 2.24) is 0 Å². The summed E-state index contributed by atoms with van der Waals surface area (Å²) in [6.07, 6.45) is 1.53. The van der Waals surface area contributed by atoms with Crippen molar-refractivity contribution in [3.63, 3.8) is 0 Å². The molecule has 3 heteroatoms. The molecule has 0 aromatic heterocycles. The zero-order valence-electron chi connectivity index (χ0n) is 7.26. The second-order valence-corrected chi connectivity index (χ2v) is 3.91. The van der Waals surface area contributed by atoms with Gasteiger partial charge in [0.05, 0.1) is 17.2 Å². The van der Waals surface area contributed by atoms with Crippen LogP contribution in [0.2, 0.25) is 0 Å². The van der Waals surface area contributed by atoms with E-state index in [1.54, 1.807) is 13.8 Å². The molecule has 0 aliphatic heterocycles. The van der Waals surface area contributed by atoms with Crippen LogP contribution in [-0.4, -0.2) is 6.21 Å². The summed E-state index contributed by atoms with van der Waals surface area (Å²) in [7, 11) is 0. The van der Waals surface area contributed by atoms with Gasteiger partial charge in [0.2, 0.25) is 0 Å². The summed E-state index contributed by atoms with van der Waals surface area (Å²) in [6.45, 7) is 10.8. The first kappa shape index (κ1) is 11.1. The highest BCUT2D eigenvalue weighted by Gasteiger charge is 2.19. The molecular formula is C9H11BrN2. The van der Waals surface area contributed by atoms with Gasteiger partial charge in [0.25, 0.3) is 0 Å². The number of nitriles is 1. The van der Waals surface area contributed by atoms with Crippen LogP contribution in [0.5, 0.6) is 0 Å². The van der Waals surface area contributed by atoms with E-state index in [0.717, 1.165) is 0 Å². The fourth-order valence-electron chi connectivity index (χ4n) is 0.374. The van der Waals surface area contributed by atoms with E-state index >= 15 is 0 Å². The van der Waals surface area contributed by atoms with Crippen LogP contribution in [0.3, 0.4) is 0 Å². The quantitative estimate of drug-likeness (QED) is 0.682. The maximum atomic E-state index is 8.71. The lowest BCUT2D eigenvalue weighted by molar-refractivity contribution is 0.593. The van der Waals surface area contributed by atoms with Crippen molar-refractivity contribution in [2.75, 3.05) is 0 Å². The molecule has 64 valence electrons. The Balaban J connectivity index is 4.45. The summed E-state index contributed by atoms with van der Waals surface area (Å²) in [4.78, 5) is 3.98. The van der Waals surface area contributed by atoms with Crippen molar-refractivity contribution in [2.24, 2.45) is 10.4 Å². The first-order chi connectivity index (χ1) is 5.40. The average Bonchev–Trinajstić information content (AvgIpc) is 2.00. The summed E-state index contributed by atoms with van der Waals surface area (Å²) >= 11 is 3.12. The maximum Gasteiger partial charge on any atom is 0.0931 e. The number of halogens is 1. The normalized spacial score (nSPS) is 11.2. The monoisotopic (exact) mass is 226 g/mol. The number of nitrogens with zero attached hydrogens (tertiary/aromatic N) is 2. The number of rotatable bonds is 3. The number of hydrogen-bond donors (Lipinski definition) is 0. The molecule has 0 rings (SSSR count). The van der Waals surface area contributed by atoms with Crippen LogP contribution in [0.4, 0.5) is 0 Å². The van der Waals surface area contributed by atoms with Gasteiger partial charge in [-0.2, -0.15) is 5.26 Å². The van der Waals surface area contributed by atoms with Gasteiger partial charge in [0.1, 0.15) is 0 Å². The Labute approximate surface area is 81.4 Å². The first-order valence-corrected chi connectivity index (χ1v) is 4.18. The standard InChI is InChI=1S/C9H11BrN2/c1-7(10)5-12-8(2)9(3,4)6-11/h5H,1-2H2,3-4H3. The smallest absolute Gasteiger partial charge is 0.0931 e. The molecule has 0 spiro atoms. The van der Waals surface area contributed by atoms with E-state index in [1.165, 1.54) is 6.21 Å². The van der Waals surface area contributed by atoms with E-state index in [1.807, 2.05) is 0 Å². The lowest BCUT2D eigenvalue weighted by Crippen LogP contribution is -2.09. The van der Waals surface area contributed by atoms with Crippen molar-refractivity contribution in [3.8, 4) is 6.07 Å². The molecule has 12 heavy (non-hydrogen) atoms. The summed E-state index contributed by atoms with van der Waals surface area (Å²) in [5, 5.41) is 8.71. The summed E-state index contributed by atoms with van der Waals surface area (Å²) in [5.74, 6) is 0. The van der Waals surface area contributed by atoms with E-state index in [-0.39, 0.29) is 0 Å². The van der Waals surface area contributed by atoms with Crippen molar-refractivity contribution >= 4 is 22.1 Å². The topological polar surface area (TPSA) is 36.1 Å². The van der Waals surface area contributed by atoms with Gasteiger partial charge in [-0.3, -0.25) is 4.99 Å². The summed E-state index contributed by atoms with van der Waals surface area (Å²) in [6, 6.07) is 2.11. The molecule has 0 aromatic carbocycles. The highest BCUT2D eigenvalue weighted by molar-refractivity contribution is 9.12. The summed E-state index contributed by atoms with van der Waals surface area (Å²) < 4.78 is 0.664. The lowest BCUT2D eigenvalue weighted by Gasteiger charge is -2.13. The molecular weight excluding hydrogens is 216 g/mol. The zero-order valence-corrected chi connectivity index (χ0v) is 8.85. The minimum atomic E-state index is -0.612. The number of allylic oxidation sites excluding steroid dienone is 2. The lowest BCUT2D eigenvalue weighted by atomic mass is 9.92. The zero-order chi connectivity index (χ0) is 9.78. The molecule has 0 saturated carbocycles. The molecule has 0 saturated heterocycles. The predicted molar refractivity (Wildman–Crippen MR) is 55.1 cm³/mol. The molecule has 0 atom stereocenters. The molecule has 2 nitrogen and oxygen atoms in total. The van der Waals surface area contributed by atoms with Crippen LogP contribution in [0.15, 0.2) is 28.3 Å². The molecule has 0 heterocycles.